The van der Waals surface area contributed by atoms with Gasteiger partial charge in [-0.25, -0.2) is 9.98 Å². The van der Waals surface area contributed by atoms with E-state index >= 15 is 0 Å². The molecule has 9 rings (SSSR count). The fourth-order valence-corrected chi connectivity index (χ4v) is 7.59. The Labute approximate surface area is 339 Å². The number of hydrogen-bond acceptors (Lipinski definition) is 2. The van der Waals surface area contributed by atoms with Gasteiger partial charge in [0.1, 0.15) is 0 Å². The van der Waals surface area contributed by atoms with Crippen molar-refractivity contribution in [3.63, 3.8) is 0 Å². The van der Waals surface area contributed by atoms with Crippen molar-refractivity contribution in [1.29, 1.82) is 0 Å². The van der Waals surface area contributed by atoms with Crippen molar-refractivity contribution < 1.29 is 15.9 Å². The van der Waals surface area contributed by atoms with Gasteiger partial charge < -0.3 is 0 Å². The summed E-state index contributed by atoms with van der Waals surface area (Å²) >= 11 is -0.106. The predicted molar refractivity (Wildman–Crippen MR) is 232 cm³/mol. The Bertz CT molecular complexity index is 2390. The average Bonchev–Trinajstić information content (AvgIpc) is 3.53. The van der Waals surface area contributed by atoms with Gasteiger partial charge in [0, 0.05) is 38.8 Å². The third kappa shape index (κ3) is 7.50. The molecule has 0 saturated carbocycles. The quantitative estimate of drug-likeness (QED) is 0.149. The molecule has 0 fully saturated rings. The molecule has 8 aromatic carbocycles. The predicted octanol–water partition coefficient (Wildman–Crippen LogP) is 14.8. The Morgan fingerprint density at radius 3 is 0.945 bits per heavy atom. The van der Waals surface area contributed by atoms with Crippen LogP contribution in [0.1, 0.15) is 22.3 Å². The first kappa shape index (κ1) is 36.6. The van der Waals surface area contributed by atoms with Gasteiger partial charge in [-0.3, -0.25) is 0 Å². The minimum atomic E-state index is -0.106. The second kappa shape index (κ2) is 16.5. The molecule has 0 aromatic heterocycles. The molecule has 0 unspecified atom stereocenters. The third-order valence-electron chi connectivity index (χ3n) is 9.93. The van der Waals surface area contributed by atoms with Gasteiger partial charge in [0.05, 0.1) is 22.8 Å². The zero-order valence-electron chi connectivity index (χ0n) is 30.3. The molecule has 0 spiro atoms. The summed E-state index contributed by atoms with van der Waals surface area (Å²) < 4.78 is 0. The summed E-state index contributed by atoms with van der Waals surface area (Å²) in [5, 5.41) is 2.37. The molecule has 2 nitrogen and oxygen atoms in total. The topological polar surface area (TPSA) is 24.7 Å². The second-order valence-electron chi connectivity index (χ2n) is 13.6. The molecule has 8 aromatic rings. The van der Waals surface area contributed by atoms with Crippen LogP contribution in [0.3, 0.4) is 0 Å². The number of rotatable bonds is 6. The van der Waals surface area contributed by atoms with Crippen molar-refractivity contribution in [2.75, 3.05) is 0 Å². The van der Waals surface area contributed by atoms with E-state index in [-0.39, 0.29) is 15.9 Å². The first-order chi connectivity index (χ1) is 27.0. The van der Waals surface area contributed by atoms with Gasteiger partial charge in [0.2, 0.25) is 0 Å². The zero-order valence-corrected chi connectivity index (χ0v) is 33.4. The van der Waals surface area contributed by atoms with Crippen molar-refractivity contribution in [3.8, 4) is 44.5 Å². The summed E-state index contributed by atoms with van der Waals surface area (Å²) in [5.74, 6) is 0. The summed E-state index contributed by atoms with van der Waals surface area (Å²) in [6.45, 7) is 4.34. The van der Waals surface area contributed by atoms with E-state index in [0.29, 0.717) is 0 Å². The number of halogens is 2. The van der Waals surface area contributed by atoms with Gasteiger partial charge in [0.15, 0.2) is 0 Å². The van der Waals surface area contributed by atoms with Crippen molar-refractivity contribution in [2.24, 2.45) is 9.98 Å². The molecule has 55 heavy (non-hydrogen) atoms. The Morgan fingerprint density at radius 1 is 0.364 bits per heavy atom. The molecule has 0 amide bonds. The fourth-order valence-electron chi connectivity index (χ4n) is 7.59. The third-order valence-corrected chi connectivity index (χ3v) is 9.93. The molecular weight excluding hydrogens is 806 g/mol. The summed E-state index contributed by atoms with van der Waals surface area (Å²) in [6.07, 6.45) is 0. The zero-order chi connectivity index (χ0) is 37.7. The van der Waals surface area contributed by atoms with Crippen LogP contribution in [0.2, 0.25) is 0 Å². The van der Waals surface area contributed by atoms with Crippen LogP contribution in [-0.2, 0) is 15.9 Å². The van der Waals surface area contributed by atoms with Gasteiger partial charge in [-0.1, -0.05) is 158 Å². The van der Waals surface area contributed by atoms with Gasteiger partial charge in [-0.05, 0) is 76.9 Å². The maximum absolute atomic E-state index is 5.78. The van der Waals surface area contributed by atoms with Crippen LogP contribution in [0.15, 0.2) is 192 Å². The van der Waals surface area contributed by atoms with Crippen LogP contribution in [0.4, 0.5) is 11.4 Å². The number of benzene rings is 8. The first-order valence-corrected chi connectivity index (χ1v) is 22.1. The SMILES string of the molecule is Cc1cc(-c2ccccc2)c(N=C2C(=Nc3c(-c4ccccc4)cc(C)cc3-c3ccccc3)c3cccc4cccc2c34)c(-c2ccccc2)c1.[Cl][Pd][Cl]. The van der Waals surface area contributed by atoms with Crippen molar-refractivity contribution in [1.82, 2.24) is 0 Å². The van der Waals surface area contributed by atoms with E-state index in [9.17, 15) is 0 Å². The Morgan fingerprint density at radius 2 is 0.655 bits per heavy atom. The number of nitrogens with zero attached hydrogens (tertiary/aromatic N) is 2. The normalized spacial score (nSPS) is 13.3. The van der Waals surface area contributed by atoms with E-state index in [1.807, 2.05) is 0 Å². The molecule has 0 aliphatic heterocycles. The molecule has 270 valence electrons. The number of aryl methyl sites for hydroxylation is 2. The molecular formula is C50H36Cl2N2Pd. The van der Waals surface area contributed by atoms with E-state index in [1.54, 1.807) is 0 Å². The number of aliphatic imine (C=N–C) groups is 2. The molecule has 0 saturated heterocycles. The summed E-state index contributed by atoms with van der Waals surface area (Å²) in [7, 11) is 9.63. The van der Waals surface area contributed by atoms with Crippen molar-refractivity contribution in [2.45, 2.75) is 13.8 Å². The first-order valence-electron chi connectivity index (χ1n) is 18.1. The fraction of sp³-hybridized carbons (Fsp3) is 0.0400. The van der Waals surface area contributed by atoms with Crippen molar-refractivity contribution in [3.05, 3.63) is 204 Å². The van der Waals surface area contributed by atoms with Crippen LogP contribution in [-0.4, -0.2) is 11.4 Å². The molecule has 0 radical (unpaired) electrons. The van der Waals surface area contributed by atoms with Gasteiger partial charge in [0.25, 0.3) is 0 Å². The molecule has 0 N–H and O–H groups in total. The van der Waals surface area contributed by atoms with E-state index in [1.165, 1.54) is 21.9 Å². The summed E-state index contributed by atoms with van der Waals surface area (Å²) in [6, 6.07) is 64.6. The Balaban J connectivity index is 0.00000138. The molecule has 5 heteroatoms. The van der Waals surface area contributed by atoms with E-state index in [0.717, 1.165) is 78.4 Å². The van der Waals surface area contributed by atoms with E-state index in [2.05, 4.69) is 196 Å². The van der Waals surface area contributed by atoms with Crippen LogP contribution in [0.5, 0.6) is 0 Å². The van der Waals surface area contributed by atoms with E-state index in [4.69, 9.17) is 29.0 Å². The molecule has 0 bridgehead atoms. The van der Waals surface area contributed by atoms with Gasteiger partial charge >= 0.3 is 35.0 Å². The minimum absolute atomic E-state index is 0.106. The van der Waals surface area contributed by atoms with Crippen LogP contribution in [0, 0.1) is 13.8 Å². The van der Waals surface area contributed by atoms with Gasteiger partial charge in [-0.2, -0.15) is 0 Å². The molecule has 1 aliphatic carbocycles. The Kier molecular flexibility index (Phi) is 11.0. The second-order valence-corrected chi connectivity index (χ2v) is 15.9. The van der Waals surface area contributed by atoms with Crippen LogP contribution in [0.25, 0.3) is 55.3 Å². The molecule has 0 heterocycles. The number of hydrogen-bond donors (Lipinski definition) is 0. The van der Waals surface area contributed by atoms with Crippen LogP contribution >= 0.6 is 19.1 Å². The van der Waals surface area contributed by atoms with Gasteiger partial charge in [-0.15, -0.1) is 0 Å². The van der Waals surface area contributed by atoms with E-state index < -0.39 is 0 Å². The van der Waals surface area contributed by atoms with Crippen LogP contribution < -0.4 is 0 Å². The molecule has 1 aliphatic rings. The summed E-state index contributed by atoms with van der Waals surface area (Å²) in [4.78, 5) is 11.6. The average molecular weight is 842 g/mol. The maximum atomic E-state index is 5.78. The standard InChI is InChI=1S/C50H36N2.2ClH.Pd/c1-33-29-42(35-17-7-3-8-18-35)47(43(30-33)36-19-9-4-10-20-36)51-49-40-27-15-25-39-26-16-28-41(46(39)40)50(49)52-48-44(37-21-11-5-12-22-37)31-34(2)32-45(48)38-23-13-6-14-24-38;;;/h3-32H,1-2H3;2*1H;/q;;;+2/p-2. The van der Waals surface area contributed by atoms with Crippen molar-refractivity contribution >= 4 is 52.6 Å². The monoisotopic (exact) mass is 840 g/mol. The molecule has 0 atom stereocenters. The summed E-state index contributed by atoms with van der Waals surface area (Å²) in [5.41, 5.74) is 17.1. The Hall–Kier alpha value is -5.40.